The van der Waals surface area contributed by atoms with Gasteiger partial charge in [0.2, 0.25) is 0 Å². The SMILES string of the molecule is Cc1cc([C@H](CC(=O)O)NC(=O)OC(C)(C)C)nn1C. The van der Waals surface area contributed by atoms with E-state index >= 15 is 0 Å². The van der Waals surface area contributed by atoms with Gasteiger partial charge in [-0.25, -0.2) is 4.79 Å². The van der Waals surface area contributed by atoms with Gasteiger partial charge in [0, 0.05) is 12.7 Å². The molecule has 0 aliphatic heterocycles. The minimum atomic E-state index is -1.02. The zero-order valence-corrected chi connectivity index (χ0v) is 12.4. The first kappa shape index (κ1) is 16.0. The number of aliphatic carboxylic acids is 1. The second kappa shape index (κ2) is 5.94. The molecule has 0 fully saturated rings. The third kappa shape index (κ3) is 4.91. The quantitative estimate of drug-likeness (QED) is 0.878. The third-order valence-corrected chi connectivity index (χ3v) is 2.56. The zero-order chi connectivity index (χ0) is 15.5. The Hall–Kier alpha value is -2.05. The van der Waals surface area contributed by atoms with Gasteiger partial charge >= 0.3 is 12.1 Å². The number of hydrogen-bond acceptors (Lipinski definition) is 4. The maximum Gasteiger partial charge on any atom is 0.408 e. The first-order valence-electron chi connectivity index (χ1n) is 6.30. The van der Waals surface area contributed by atoms with Gasteiger partial charge in [0.1, 0.15) is 5.60 Å². The number of ether oxygens (including phenoxy) is 1. The number of nitrogens with zero attached hydrogens (tertiary/aromatic N) is 2. The number of hydrogen-bond donors (Lipinski definition) is 2. The molecule has 20 heavy (non-hydrogen) atoms. The van der Waals surface area contributed by atoms with Gasteiger partial charge in [-0.05, 0) is 33.8 Å². The molecule has 0 spiro atoms. The second-order valence-electron chi connectivity index (χ2n) is 5.63. The van der Waals surface area contributed by atoms with Crippen LogP contribution in [0.15, 0.2) is 6.07 Å². The molecule has 0 radical (unpaired) electrons. The largest absolute Gasteiger partial charge is 0.481 e. The van der Waals surface area contributed by atoms with Crippen LogP contribution in [0.1, 0.15) is 44.6 Å². The Morgan fingerprint density at radius 1 is 1.50 bits per heavy atom. The van der Waals surface area contributed by atoms with Crippen molar-refractivity contribution in [2.75, 3.05) is 0 Å². The molecule has 7 heteroatoms. The van der Waals surface area contributed by atoms with Gasteiger partial charge in [0.05, 0.1) is 18.2 Å². The summed E-state index contributed by atoms with van der Waals surface area (Å²) in [6, 6.07) is 1.02. The maximum atomic E-state index is 11.8. The lowest BCUT2D eigenvalue weighted by Gasteiger charge is -2.22. The van der Waals surface area contributed by atoms with Crippen LogP contribution in [0.4, 0.5) is 4.79 Å². The minimum Gasteiger partial charge on any atom is -0.481 e. The van der Waals surface area contributed by atoms with Crippen molar-refractivity contribution in [3.63, 3.8) is 0 Å². The molecule has 1 aromatic rings. The van der Waals surface area contributed by atoms with Crippen molar-refractivity contribution in [2.45, 2.75) is 45.8 Å². The number of carbonyl (C=O) groups excluding carboxylic acids is 1. The highest BCUT2D eigenvalue weighted by Crippen LogP contribution is 2.17. The van der Waals surface area contributed by atoms with Crippen LogP contribution in [0.3, 0.4) is 0 Å². The van der Waals surface area contributed by atoms with E-state index in [2.05, 4.69) is 10.4 Å². The Morgan fingerprint density at radius 2 is 2.10 bits per heavy atom. The van der Waals surface area contributed by atoms with E-state index in [0.29, 0.717) is 5.69 Å². The molecule has 1 rings (SSSR count). The summed E-state index contributed by atoms with van der Waals surface area (Å²) in [4.78, 5) is 22.7. The molecule has 0 aliphatic rings. The summed E-state index contributed by atoms with van der Waals surface area (Å²) in [6.45, 7) is 7.07. The molecule has 0 saturated heterocycles. The number of aromatic nitrogens is 2. The number of nitrogens with one attached hydrogen (secondary N) is 1. The van der Waals surface area contributed by atoms with E-state index in [1.54, 1.807) is 38.6 Å². The molecule has 1 heterocycles. The summed E-state index contributed by atoms with van der Waals surface area (Å²) in [5.41, 5.74) is 0.734. The van der Waals surface area contributed by atoms with E-state index in [4.69, 9.17) is 9.84 Å². The Bertz CT molecular complexity index is 483. The van der Waals surface area contributed by atoms with Gasteiger partial charge in [0.25, 0.3) is 0 Å². The summed E-state index contributed by atoms with van der Waals surface area (Å²) >= 11 is 0. The average Bonchev–Trinajstić information content (AvgIpc) is 2.54. The van der Waals surface area contributed by atoms with E-state index in [1.807, 2.05) is 6.92 Å². The fraction of sp³-hybridized carbons (Fsp3) is 0.615. The van der Waals surface area contributed by atoms with Crippen molar-refractivity contribution in [3.05, 3.63) is 17.5 Å². The lowest BCUT2D eigenvalue weighted by atomic mass is 10.1. The van der Waals surface area contributed by atoms with Crippen LogP contribution >= 0.6 is 0 Å². The molecule has 0 unspecified atom stereocenters. The normalized spacial score (nSPS) is 12.8. The summed E-state index contributed by atoms with van der Waals surface area (Å²) in [5, 5.41) is 15.7. The van der Waals surface area contributed by atoms with E-state index in [9.17, 15) is 9.59 Å². The van der Waals surface area contributed by atoms with Crippen molar-refractivity contribution in [1.29, 1.82) is 0 Å². The van der Waals surface area contributed by atoms with Crippen LogP contribution < -0.4 is 5.32 Å². The third-order valence-electron chi connectivity index (χ3n) is 2.56. The Balaban J connectivity index is 2.85. The molecule has 1 amide bonds. The lowest BCUT2D eigenvalue weighted by molar-refractivity contribution is -0.137. The van der Waals surface area contributed by atoms with Gasteiger partial charge in [-0.15, -0.1) is 0 Å². The Labute approximate surface area is 117 Å². The molecule has 2 N–H and O–H groups in total. The summed E-state index contributed by atoms with van der Waals surface area (Å²) in [5.74, 6) is -1.02. The van der Waals surface area contributed by atoms with Gasteiger partial charge < -0.3 is 15.2 Å². The molecular formula is C13H21N3O4. The van der Waals surface area contributed by atoms with Gasteiger partial charge in [-0.2, -0.15) is 5.10 Å². The number of amides is 1. The molecule has 0 aliphatic carbocycles. The first-order valence-corrected chi connectivity index (χ1v) is 6.30. The number of aryl methyl sites for hydroxylation is 2. The van der Waals surface area contributed by atoms with Crippen molar-refractivity contribution in [2.24, 2.45) is 7.05 Å². The first-order chi connectivity index (χ1) is 9.08. The highest BCUT2D eigenvalue weighted by Gasteiger charge is 2.24. The predicted octanol–water partition coefficient (Wildman–Crippen LogP) is 1.77. The standard InChI is InChI=1S/C13H21N3O4/c1-8-6-10(15-16(8)5)9(7-11(17)18)14-12(19)20-13(2,3)4/h6,9H,7H2,1-5H3,(H,14,19)(H,17,18)/t9-/m0/s1. The van der Waals surface area contributed by atoms with E-state index in [0.717, 1.165) is 5.69 Å². The van der Waals surface area contributed by atoms with Crippen molar-refractivity contribution in [3.8, 4) is 0 Å². The minimum absolute atomic E-state index is 0.254. The Kier molecular flexibility index (Phi) is 4.75. The lowest BCUT2D eigenvalue weighted by Crippen LogP contribution is -2.36. The number of rotatable bonds is 4. The molecular weight excluding hydrogens is 262 g/mol. The van der Waals surface area contributed by atoms with Crippen LogP contribution in [0.2, 0.25) is 0 Å². The number of carbonyl (C=O) groups is 2. The number of alkyl carbamates (subject to hydrolysis) is 1. The monoisotopic (exact) mass is 283 g/mol. The summed E-state index contributed by atoms with van der Waals surface area (Å²) < 4.78 is 6.76. The smallest absolute Gasteiger partial charge is 0.408 e. The number of carboxylic acids is 1. The highest BCUT2D eigenvalue weighted by molar-refractivity contribution is 5.72. The van der Waals surface area contributed by atoms with Crippen LogP contribution in [0, 0.1) is 6.92 Å². The van der Waals surface area contributed by atoms with Crippen LogP contribution in [0.25, 0.3) is 0 Å². The van der Waals surface area contributed by atoms with Crippen LogP contribution in [-0.2, 0) is 16.6 Å². The summed E-state index contributed by atoms with van der Waals surface area (Å²) in [6.07, 6.45) is -0.914. The fourth-order valence-electron chi connectivity index (χ4n) is 1.61. The van der Waals surface area contributed by atoms with Gasteiger partial charge in [0.15, 0.2) is 0 Å². The molecule has 1 atom stereocenters. The molecule has 0 saturated carbocycles. The molecule has 0 aromatic carbocycles. The van der Waals surface area contributed by atoms with E-state index in [1.165, 1.54) is 0 Å². The highest BCUT2D eigenvalue weighted by atomic mass is 16.6. The predicted molar refractivity (Wildman–Crippen MR) is 72.3 cm³/mol. The Morgan fingerprint density at radius 3 is 2.50 bits per heavy atom. The van der Waals surface area contributed by atoms with Gasteiger partial charge in [-0.3, -0.25) is 9.48 Å². The van der Waals surface area contributed by atoms with Crippen molar-refractivity contribution >= 4 is 12.1 Å². The maximum absolute atomic E-state index is 11.8. The number of carboxylic acid groups (broad SMARTS) is 1. The van der Waals surface area contributed by atoms with E-state index in [-0.39, 0.29) is 6.42 Å². The zero-order valence-electron chi connectivity index (χ0n) is 12.4. The van der Waals surface area contributed by atoms with Crippen molar-refractivity contribution in [1.82, 2.24) is 15.1 Å². The fourth-order valence-corrected chi connectivity index (χ4v) is 1.61. The molecule has 7 nitrogen and oxygen atoms in total. The average molecular weight is 283 g/mol. The summed E-state index contributed by atoms with van der Waals surface area (Å²) in [7, 11) is 1.75. The second-order valence-corrected chi connectivity index (χ2v) is 5.63. The van der Waals surface area contributed by atoms with Gasteiger partial charge in [-0.1, -0.05) is 0 Å². The van der Waals surface area contributed by atoms with E-state index < -0.39 is 23.7 Å². The van der Waals surface area contributed by atoms with Crippen molar-refractivity contribution < 1.29 is 19.4 Å². The molecule has 112 valence electrons. The molecule has 1 aromatic heterocycles. The topological polar surface area (TPSA) is 93.5 Å². The van der Waals surface area contributed by atoms with Crippen LogP contribution in [-0.4, -0.2) is 32.6 Å². The molecule has 0 bridgehead atoms. The van der Waals surface area contributed by atoms with Crippen LogP contribution in [0.5, 0.6) is 0 Å².